The zero-order valence-corrected chi connectivity index (χ0v) is 11.4. The number of rotatable bonds is 4. The van der Waals surface area contributed by atoms with Crippen LogP contribution in [0.4, 0.5) is 0 Å². The number of aliphatic hydroxyl groups excluding tert-OH is 1. The number of aryl methyl sites for hydroxylation is 1. The van der Waals surface area contributed by atoms with Gasteiger partial charge in [-0.3, -0.25) is 4.79 Å². The van der Waals surface area contributed by atoms with Crippen LogP contribution < -0.4 is 0 Å². The molecule has 92 valence electrons. The summed E-state index contributed by atoms with van der Waals surface area (Å²) < 4.78 is 0.909. The van der Waals surface area contributed by atoms with E-state index in [2.05, 4.69) is 15.9 Å². The predicted molar refractivity (Wildman–Crippen MR) is 70.0 cm³/mol. The molecule has 0 saturated heterocycles. The first-order valence-electron chi connectivity index (χ1n) is 5.81. The van der Waals surface area contributed by atoms with Gasteiger partial charge < -0.3 is 10.0 Å². The third-order valence-electron chi connectivity index (χ3n) is 3.02. The van der Waals surface area contributed by atoms with Gasteiger partial charge in [0, 0.05) is 22.6 Å². The minimum absolute atomic E-state index is 0.0231. The molecule has 0 spiro atoms. The van der Waals surface area contributed by atoms with Crippen molar-refractivity contribution in [2.75, 3.05) is 13.2 Å². The van der Waals surface area contributed by atoms with Crippen LogP contribution in [0.25, 0.3) is 0 Å². The van der Waals surface area contributed by atoms with E-state index in [1.807, 2.05) is 25.1 Å². The third-order valence-corrected chi connectivity index (χ3v) is 3.51. The minimum Gasteiger partial charge on any atom is -0.395 e. The highest BCUT2D eigenvalue weighted by atomic mass is 79.9. The second-order valence-electron chi connectivity index (χ2n) is 4.41. The highest BCUT2D eigenvalue weighted by Gasteiger charge is 2.33. The second-order valence-corrected chi connectivity index (χ2v) is 5.33. The van der Waals surface area contributed by atoms with Gasteiger partial charge in [0.05, 0.1) is 6.61 Å². The highest BCUT2D eigenvalue weighted by molar-refractivity contribution is 9.10. The molecule has 0 atom stereocenters. The van der Waals surface area contributed by atoms with E-state index in [1.165, 1.54) is 0 Å². The van der Waals surface area contributed by atoms with E-state index in [9.17, 15) is 4.79 Å². The molecule has 1 aromatic rings. The van der Waals surface area contributed by atoms with Crippen LogP contribution in [0.5, 0.6) is 0 Å². The van der Waals surface area contributed by atoms with Crippen molar-refractivity contribution in [3.05, 3.63) is 33.8 Å². The van der Waals surface area contributed by atoms with Crippen molar-refractivity contribution in [1.29, 1.82) is 0 Å². The van der Waals surface area contributed by atoms with Gasteiger partial charge in [-0.25, -0.2) is 0 Å². The van der Waals surface area contributed by atoms with Gasteiger partial charge in [-0.2, -0.15) is 0 Å². The van der Waals surface area contributed by atoms with Crippen LogP contribution in [-0.4, -0.2) is 35.1 Å². The average Bonchev–Trinajstić information content (AvgIpc) is 3.12. The van der Waals surface area contributed by atoms with E-state index in [0.717, 1.165) is 28.4 Å². The maximum Gasteiger partial charge on any atom is 0.254 e. The Morgan fingerprint density at radius 2 is 2.24 bits per heavy atom. The van der Waals surface area contributed by atoms with Crippen molar-refractivity contribution >= 4 is 21.8 Å². The molecule has 0 heterocycles. The van der Waals surface area contributed by atoms with Crippen molar-refractivity contribution < 1.29 is 9.90 Å². The summed E-state index contributed by atoms with van der Waals surface area (Å²) in [7, 11) is 0. The fourth-order valence-electron chi connectivity index (χ4n) is 1.92. The summed E-state index contributed by atoms with van der Waals surface area (Å²) in [5.41, 5.74) is 1.70. The molecule has 1 aliphatic carbocycles. The lowest BCUT2D eigenvalue weighted by Crippen LogP contribution is -2.35. The van der Waals surface area contributed by atoms with Crippen molar-refractivity contribution in [3.63, 3.8) is 0 Å². The van der Waals surface area contributed by atoms with E-state index in [-0.39, 0.29) is 12.5 Å². The third kappa shape index (κ3) is 2.87. The average molecular weight is 298 g/mol. The van der Waals surface area contributed by atoms with Crippen molar-refractivity contribution in [3.8, 4) is 0 Å². The molecule has 0 unspecified atom stereocenters. The lowest BCUT2D eigenvalue weighted by molar-refractivity contribution is 0.0707. The van der Waals surface area contributed by atoms with Crippen molar-refractivity contribution in [1.82, 2.24) is 4.90 Å². The topological polar surface area (TPSA) is 40.5 Å². The van der Waals surface area contributed by atoms with Crippen LogP contribution in [0.1, 0.15) is 28.8 Å². The maximum absolute atomic E-state index is 12.4. The van der Waals surface area contributed by atoms with Crippen LogP contribution in [0, 0.1) is 6.92 Å². The summed E-state index contributed by atoms with van der Waals surface area (Å²) in [5, 5.41) is 9.03. The zero-order chi connectivity index (χ0) is 12.4. The Morgan fingerprint density at radius 1 is 1.53 bits per heavy atom. The van der Waals surface area contributed by atoms with Crippen LogP contribution in [0.3, 0.4) is 0 Å². The first-order chi connectivity index (χ1) is 8.13. The fraction of sp³-hybridized carbons (Fsp3) is 0.462. The molecule has 17 heavy (non-hydrogen) atoms. The van der Waals surface area contributed by atoms with Gasteiger partial charge in [0.15, 0.2) is 0 Å². The van der Waals surface area contributed by atoms with Gasteiger partial charge in [0.1, 0.15) is 0 Å². The van der Waals surface area contributed by atoms with E-state index in [0.29, 0.717) is 12.6 Å². The predicted octanol–water partition coefficient (Wildman–Crippen LogP) is 2.35. The van der Waals surface area contributed by atoms with Gasteiger partial charge in [0.25, 0.3) is 5.91 Å². The largest absolute Gasteiger partial charge is 0.395 e. The number of nitrogens with zero attached hydrogens (tertiary/aromatic N) is 1. The Hall–Kier alpha value is -0.870. The number of carbonyl (C=O) groups is 1. The number of benzene rings is 1. The lowest BCUT2D eigenvalue weighted by atomic mass is 10.1. The summed E-state index contributed by atoms with van der Waals surface area (Å²) in [5.74, 6) is 0.0281. The monoisotopic (exact) mass is 297 g/mol. The Bertz CT molecular complexity index is 429. The summed E-state index contributed by atoms with van der Waals surface area (Å²) in [6, 6.07) is 6.04. The Morgan fingerprint density at radius 3 is 2.82 bits per heavy atom. The summed E-state index contributed by atoms with van der Waals surface area (Å²) in [4.78, 5) is 14.2. The molecule has 1 aliphatic rings. The van der Waals surface area contributed by atoms with Crippen molar-refractivity contribution in [2.24, 2.45) is 0 Å². The quantitative estimate of drug-likeness (QED) is 0.927. The number of carbonyl (C=O) groups excluding carboxylic acids is 1. The molecule has 1 saturated carbocycles. The highest BCUT2D eigenvalue weighted by Crippen LogP contribution is 2.29. The van der Waals surface area contributed by atoms with Crippen molar-refractivity contribution in [2.45, 2.75) is 25.8 Å². The Kier molecular flexibility index (Phi) is 3.84. The van der Waals surface area contributed by atoms with E-state index < -0.39 is 0 Å². The number of hydrogen-bond donors (Lipinski definition) is 1. The van der Waals surface area contributed by atoms with E-state index >= 15 is 0 Å². The van der Waals surface area contributed by atoms with E-state index in [4.69, 9.17) is 5.11 Å². The minimum atomic E-state index is 0.0231. The standard InChI is InChI=1S/C13H16BrNO2/c1-9-2-3-10(14)8-12(9)13(17)15(6-7-16)11-4-5-11/h2-3,8,11,16H,4-7H2,1H3. The zero-order valence-electron chi connectivity index (χ0n) is 9.82. The molecule has 1 N–H and O–H groups in total. The number of hydrogen-bond acceptors (Lipinski definition) is 2. The molecule has 3 nitrogen and oxygen atoms in total. The molecule has 0 aliphatic heterocycles. The summed E-state index contributed by atoms with van der Waals surface area (Å²) in [6.45, 7) is 2.38. The van der Waals surface area contributed by atoms with Gasteiger partial charge in [-0.05, 0) is 37.5 Å². The molecular weight excluding hydrogens is 282 g/mol. The molecule has 0 aromatic heterocycles. The molecule has 1 aromatic carbocycles. The molecule has 1 amide bonds. The van der Waals surface area contributed by atoms with E-state index in [1.54, 1.807) is 4.90 Å². The van der Waals surface area contributed by atoms with Crippen LogP contribution in [-0.2, 0) is 0 Å². The molecule has 0 bridgehead atoms. The van der Waals surface area contributed by atoms with Gasteiger partial charge in [-0.15, -0.1) is 0 Å². The molecule has 2 rings (SSSR count). The normalized spacial score (nSPS) is 14.8. The lowest BCUT2D eigenvalue weighted by Gasteiger charge is -2.22. The van der Waals surface area contributed by atoms with Crippen LogP contribution >= 0.6 is 15.9 Å². The first-order valence-corrected chi connectivity index (χ1v) is 6.60. The first kappa shape index (κ1) is 12.6. The van der Waals surface area contributed by atoms with Crippen LogP contribution in [0.2, 0.25) is 0 Å². The number of amides is 1. The smallest absolute Gasteiger partial charge is 0.254 e. The fourth-order valence-corrected chi connectivity index (χ4v) is 2.28. The Labute approximate surface area is 110 Å². The summed E-state index contributed by atoms with van der Waals surface area (Å²) in [6.07, 6.45) is 2.11. The second kappa shape index (κ2) is 5.19. The Balaban J connectivity index is 2.24. The SMILES string of the molecule is Cc1ccc(Br)cc1C(=O)N(CCO)C1CC1. The van der Waals surface area contributed by atoms with Gasteiger partial charge in [0.2, 0.25) is 0 Å². The number of halogens is 1. The van der Waals surface area contributed by atoms with Gasteiger partial charge in [-0.1, -0.05) is 22.0 Å². The number of aliphatic hydroxyl groups is 1. The summed E-state index contributed by atoms with van der Waals surface area (Å²) >= 11 is 3.39. The maximum atomic E-state index is 12.4. The van der Waals surface area contributed by atoms with Gasteiger partial charge >= 0.3 is 0 Å². The van der Waals surface area contributed by atoms with Crippen LogP contribution in [0.15, 0.2) is 22.7 Å². The molecule has 0 radical (unpaired) electrons. The molecule has 4 heteroatoms. The molecule has 1 fully saturated rings. The molecular formula is C13H16BrNO2.